The molecule has 0 saturated carbocycles. The summed E-state index contributed by atoms with van der Waals surface area (Å²) in [5.41, 5.74) is 0.784. The third kappa shape index (κ3) is 4.18. The van der Waals surface area contributed by atoms with Crippen LogP contribution in [0.15, 0.2) is 64.2 Å². The Kier molecular flexibility index (Phi) is 6.07. The van der Waals surface area contributed by atoms with Crippen LogP contribution in [0.25, 0.3) is 5.69 Å². The molecule has 2 aromatic carbocycles. The summed E-state index contributed by atoms with van der Waals surface area (Å²) >= 11 is 0. The van der Waals surface area contributed by atoms with E-state index in [2.05, 4.69) is 5.10 Å². The van der Waals surface area contributed by atoms with Gasteiger partial charge < -0.3 is 4.90 Å². The summed E-state index contributed by atoms with van der Waals surface area (Å²) in [5.74, 6) is -0.484. The highest BCUT2D eigenvalue weighted by molar-refractivity contribution is 5.91. The first-order valence-electron chi connectivity index (χ1n) is 9.60. The Bertz CT molecular complexity index is 1110. The van der Waals surface area contributed by atoms with Crippen LogP contribution in [0.4, 0.5) is 0 Å². The standard InChI is InChI=1S/C22H24N4O3/c1-4-24(5-2)20(27)19-21(28)25(15-17-9-7-6-8-10-17)22(29)26(23-19)18-13-11-16(3)12-14-18/h6-14H,4-5,15H2,1-3H3. The van der Waals surface area contributed by atoms with Crippen molar-refractivity contribution in [3.63, 3.8) is 0 Å². The number of hydrogen-bond acceptors (Lipinski definition) is 4. The van der Waals surface area contributed by atoms with Crippen molar-refractivity contribution in [3.8, 4) is 5.69 Å². The number of carbonyl (C=O) groups excluding carboxylic acids is 1. The number of carbonyl (C=O) groups is 1. The normalized spacial score (nSPS) is 10.7. The van der Waals surface area contributed by atoms with Crippen molar-refractivity contribution in [2.45, 2.75) is 27.3 Å². The molecule has 1 amide bonds. The fourth-order valence-electron chi connectivity index (χ4n) is 3.07. The average molecular weight is 392 g/mol. The van der Waals surface area contributed by atoms with Crippen LogP contribution in [0.5, 0.6) is 0 Å². The van der Waals surface area contributed by atoms with Gasteiger partial charge in [-0.25, -0.2) is 4.79 Å². The lowest BCUT2D eigenvalue weighted by Crippen LogP contribution is -2.46. The van der Waals surface area contributed by atoms with Crippen LogP contribution in [0.3, 0.4) is 0 Å². The number of nitrogens with zero attached hydrogens (tertiary/aromatic N) is 4. The highest BCUT2D eigenvalue weighted by Crippen LogP contribution is 2.07. The zero-order chi connectivity index (χ0) is 21.0. The Labute approximate surface area is 168 Å². The molecule has 29 heavy (non-hydrogen) atoms. The maximum Gasteiger partial charge on any atom is 0.352 e. The lowest BCUT2D eigenvalue weighted by molar-refractivity contribution is 0.0761. The molecule has 0 aliphatic carbocycles. The van der Waals surface area contributed by atoms with Gasteiger partial charge in [-0.3, -0.25) is 14.2 Å². The van der Waals surface area contributed by atoms with Gasteiger partial charge in [0.15, 0.2) is 0 Å². The van der Waals surface area contributed by atoms with E-state index < -0.39 is 17.2 Å². The van der Waals surface area contributed by atoms with Crippen LogP contribution in [0, 0.1) is 6.92 Å². The Morgan fingerprint density at radius 1 is 0.966 bits per heavy atom. The zero-order valence-corrected chi connectivity index (χ0v) is 16.8. The second-order valence-corrected chi connectivity index (χ2v) is 6.73. The van der Waals surface area contributed by atoms with Gasteiger partial charge in [0.25, 0.3) is 11.5 Å². The van der Waals surface area contributed by atoms with Crippen LogP contribution in [-0.4, -0.2) is 38.2 Å². The first-order chi connectivity index (χ1) is 14.0. The third-order valence-corrected chi connectivity index (χ3v) is 4.78. The van der Waals surface area contributed by atoms with Crippen molar-refractivity contribution < 1.29 is 4.79 Å². The molecule has 3 rings (SSSR count). The maximum atomic E-state index is 13.1. The molecule has 0 aliphatic rings. The minimum absolute atomic E-state index is 0.0609. The number of amides is 1. The molecule has 0 fully saturated rings. The molecular weight excluding hydrogens is 368 g/mol. The third-order valence-electron chi connectivity index (χ3n) is 4.78. The molecule has 0 spiro atoms. The summed E-state index contributed by atoms with van der Waals surface area (Å²) in [5, 5.41) is 4.17. The highest BCUT2D eigenvalue weighted by Gasteiger charge is 2.23. The quantitative estimate of drug-likeness (QED) is 0.645. The molecule has 0 atom stereocenters. The minimum Gasteiger partial charge on any atom is -0.338 e. The van der Waals surface area contributed by atoms with E-state index in [4.69, 9.17) is 0 Å². The predicted molar refractivity (Wildman–Crippen MR) is 112 cm³/mol. The molecule has 0 saturated heterocycles. The largest absolute Gasteiger partial charge is 0.352 e. The fraction of sp³-hybridized carbons (Fsp3) is 0.273. The summed E-state index contributed by atoms with van der Waals surface area (Å²) in [7, 11) is 0. The Morgan fingerprint density at radius 3 is 2.17 bits per heavy atom. The first-order valence-corrected chi connectivity index (χ1v) is 9.60. The molecule has 150 valence electrons. The van der Waals surface area contributed by atoms with Crippen LogP contribution < -0.4 is 11.2 Å². The smallest absolute Gasteiger partial charge is 0.338 e. The van der Waals surface area contributed by atoms with Gasteiger partial charge in [0.2, 0.25) is 5.69 Å². The number of aromatic nitrogens is 3. The predicted octanol–water partition coefficient (Wildman–Crippen LogP) is 2.23. The molecule has 0 radical (unpaired) electrons. The van der Waals surface area contributed by atoms with Crippen molar-refractivity contribution in [1.82, 2.24) is 19.2 Å². The summed E-state index contributed by atoms with van der Waals surface area (Å²) in [6.45, 7) is 6.55. The van der Waals surface area contributed by atoms with E-state index in [1.165, 1.54) is 4.90 Å². The number of benzene rings is 2. The van der Waals surface area contributed by atoms with Crippen molar-refractivity contribution in [2.75, 3.05) is 13.1 Å². The van der Waals surface area contributed by atoms with Crippen LogP contribution in [0.2, 0.25) is 0 Å². The number of aryl methyl sites for hydroxylation is 1. The molecule has 0 N–H and O–H groups in total. The lowest BCUT2D eigenvalue weighted by Gasteiger charge is -2.19. The summed E-state index contributed by atoms with van der Waals surface area (Å²) in [6, 6.07) is 16.4. The van der Waals surface area contributed by atoms with Crippen LogP contribution >= 0.6 is 0 Å². The molecule has 1 heterocycles. The summed E-state index contributed by atoms with van der Waals surface area (Å²) in [4.78, 5) is 40.6. The van der Waals surface area contributed by atoms with E-state index in [-0.39, 0.29) is 12.2 Å². The maximum absolute atomic E-state index is 13.1. The minimum atomic E-state index is -0.681. The molecule has 1 aromatic heterocycles. The molecule has 7 nitrogen and oxygen atoms in total. The SMILES string of the molecule is CCN(CC)C(=O)c1nn(-c2ccc(C)cc2)c(=O)n(Cc2ccccc2)c1=O. The van der Waals surface area contributed by atoms with Gasteiger partial charge in [0, 0.05) is 13.1 Å². The first kappa shape index (κ1) is 20.3. The van der Waals surface area contributed by atoms with Crippen molar-refractivity contribution in [3.05, 3.63) is 92.3 Å². The molecule has 0 aliphatic heterocycles. The van der Waals surface area contributed by atoms with E-state index in [9.17, 15) is 14.4 Å². The summed E-state index contributed by atoms with van der Waals surface area (Å²) < 4.78 is 2.19. The molecule has 7 heteroatoms. The van der Waals surface area contributed by atoms with Gasteiger partial charge >= 0.3 is 5.69 Å². The molecular formula is C22H24N4O3. The Hall–Kier alpha value is -3.48. The Morgan fingerprint density at radius 2 is 1.59 bits per heavy atom. The van der Waals surface area contributed by atoms with E-state index >= 15 is 0 Å². The van der Waals surface area contributed by atoms with E-state index in [0.717, 1.165) is 20.4 Å². The lowest BCUT2D eigenvalue weighted by atomic mass is 10.2. The van der Waals surface area contributed by atoms with E-state index in [0.29, 0.717) is 18.8 Å². The van der Waals surface area contributed by atoms with E-state index in [1.54, 1.807) is 12.1 Å². The van der Waals surface area contributed by atoms with Gasteiger partial charge in [-0.15, -0.1) is 0 Å². The molecule has 0 unspecified atom stereocenters. The number of rotatable bonds is 6. The van der Waals surface area contributed by atoms with Gasteiger partial charge in [0.05, 0.1) is 12.2 Å². The van der Waals surface area contributed by atoms with Gasteiger partial charge in [-0.1, -0.05) is 48.0 Å². The average Bonchev–Trinajstić information content (AvgIpc) is 2.73. The molecule has 0 bridgehead atoms. The van der Waals surface area contributed by atoms with Gasteiger partial charge in [0.1, 0.15) is 0 Å². The van der Waals surface area contributed by atoms with Gasteiger partial charge in [-0.2, -0.15) is 9.78 Å². The molecule has 3 aromatic rings. The zero-order valence-electron chi connectivity index (χ0n) is 16.8. The topological polar surface area (TPSA) is 77.2 Å². The van der Waals surface area contributed by atoms with Crippen LogP contribution in [-0.2, 0) is 6.54 Å². The fourth-order valence-corrected chi connectivity index (χ4v) is 3.07. The monoisotopic (exact) mass is 392 g/mol. The highest BCUT2D eigenvalue weighted by atomic mass is 16.2. The second kappa shape index (κ2) is 8.68. The van der Waals surface area contributed by atoms with Crippen molar-refractivity contribution >= 4 is 5.91 Å². The number of hydrogen-bond donors (Lipinski definition) is 0. The van der Waals surface area contributed by atoms with E-state index in [1.807, 2.05) is 63.2 Å². The van der Waals surface area contributed by atoms with Crippen molar-refractivity contribution in [1.29, 1.82) is 0 Å². The van der Waals surface area contributed by atoms with Gasteiger partial charge in [-0.05, 0) is 38.5 Å². The Balaban J connectivity index is 2.23. The van der Waals surface area contributed by atoms with Crippen LogP contribution in [0.1, 0.15) is 35.5 Å². The summed E-state index contributed by atoms with van der Waals surface area (Å²) in [6.07, 6.45) is 0. The van der Waals surface area contributed by atoms with Crippen molar-refractivity contribution in [2.24, 2.45) is 0 Å². The second-order valence-electron chi connectivity index (χ2n) is 6.73.